The zero-order chi connectivity index (χ0) is 16.1. The van der Waals surface area contributed by atoms with Gasteiger partial charge in [-0.3, -0.25) is 4.68 Å². The average molecular weight is 350 g/mol. The minimum Gasteiger partial charge on any atom is -0.497 e. The van der Waals surface area contributed by atoms with E-state index >= 15 is 0 Å². The number of nitrogens with zero attached hydrogens (tertiary/aromatic N) is 2. The lowest BCUT2D eigenvalue weighted by Crippen LogP contribution is -2.16. The zero-order valence-electron chi connectivity index (χ0n) is 14.6. The van der Waals surface area contributed by atoms with Gasteiger partial charge in [-0.05, 0) is 56.1 Å². The molecule has 1 fully saturated rings. The predicted octanol–water partition coefficient (Wildman–Crippen LogP) is 4.28. The van der Waals surface area contributed by atoms with Gasteiger partial charge in [0.2, 0.25) is 0 Å². The molecule has 1 heterocycles. The van der Waals surface area contributed by atoms with Crippen LogP contribution in [0.4, 0.5) is 0 Å². The summed E-state index contributed by atoms with van der Waals surface area (Å²) in [5.41, 5.74) is 3.52. The monoisotopic (exact) mass is 349 g/mol. The van der Waals surface area contributed by atoms with Crippen molar-refractivity contribution in [2.75, 3.05) is 14.2 Å². The fraction of sp³-hybridized carbons (Fsp3) is 0.526. The Morgan fingerprint density at radius 2 is 1.88 bits per heavy atom. The maximum atomic E-state index is 5.27. The van der Waals surface area contributed by atoms with Crippen molar-refractivity contribution in [3.8, 4) is 17.0 Å². The molecule has 0 atom stereocenters. The van der Waals surface area contributed by atoms with Crippen LogP contribution in [0.1, 0.15) is 37.8 Å². The highest BCUT2D eigenvalue weighted by molar-refractivity contribution is 5.85. The Labute approximate surface area is 151 Å². The van der Waals surface area contributed by atoms with Crippen LogP contribution in [0.15, 0.2) is 30.3 Å². The van der Waals surface area contributed by atoms with E-state index in [4.69, 9.17) is 9.84 Å². The minimum atomic E-state index is 0. The first-order valence-corrected chi connectivity index (χ1v) is 8.66. The quantitative estimate of drug-likeness (QED) is 0.846. The standard InChI is InChI=1S/C19H27N3O.ClH/c1-20-13-17-12-19(16-8-10-18(23-2)11-9-16)22(21-17)14-15-6-4-3-5-7-15;/h8-12,15,20H,3-7,13-14H2,1-2H3;1H. The van der Waals surface area contributed by atoms with Crippen molar-refractivity contribution in [1.29, 1.82) is 0 Å². The molecule has 0 aliphatic heterocycles. The molecule has 24 heavy (non-hydrogen) atoms. The Morgan fingerprint density at radius 1 is 1.17 bits per heavy atom. The van der Waals surface area contributed by atoms with Gasteiger partial charge in [-0.2, -0.15) is 5.10 Å². The number of hydrogen-bond acceptors (Lipinski definition) is 3. The van der Waals surface area contributed by atoms with Crippen LogP contribution in [0, 0.1) is 5.92 Å². The molecule has 0 radical (unpaired) electrons. The fourth-order valence-corrected chi connectivity index (χ4v) is 3.49. The smallest absolute Gasteiger partial charge is 0.118 e. The van der Waals surface area contributed by atoms with E-state index in [0.29, 0.717) is 0 Å². The lowest BCUT2D eigenvalue weighted by atomic mass is 9.89. The molecule has 1 saturated carbocycles. The third-order valence-electron chi connectivity index (χ3n) is 4.73. The number of hydrogen-bond donors (Lipinski definition) is 1. The van der Waals surface area contributed by atoms with Gasteiger partial charge in [0.05, 0.1) is 18.5 Å². The van der Waals surface area contributed by atoms with Crippen LogP contribution in [-0.4, -0.2) is 23.9 Å². The third kappa shape index (κ3) is 4.52. The SMILES string of the molecule is CNCc1cc(-c2ccc(OC)cc2)n(CC2CCCCC2)n1.Cl. The van der Waals surface area contributed by atoms with Gasteiger partial charge in [-0.15, -0.1) is 12.4 Å². The molecule has 1 aromatic carbocycles. The Balaban J connectivity index is 0.00000208. The van der Waals surface area contributed by atoms with Gasteiger partial charge in [-0.25, -0.2) is 0 Å². The van der Waals surface area contributed by atoms with E-state index in [1.54, 1.807) is 7.11 Å². The first kappa shape index (κ1) is 18.8. The number of halogens is 1. The summed E-state index contributed by atoms with van der Waals surface area (Å²) < 4.78 is 7.48. The Hall–Kier alpha value is -1.52. The molecule has 0 saturated heterocycles. The number of benzene rings is 1. The van der Waals surface area contributed by atoms with Gasteiger partial charge in [0.25, 0.3) is 0 Å². The van der Waals surface area contributed by atoms with Crippen LogP contribution < -0.4 is 10.1 Å². The highest BCUT2D eigenvalue weighted by Gasteiger charge is 2.17. The van der Waals surface area contributed by atoms with Crippen LogP contribution in [0.3, 0.4) is 0 Å². The third-order valence-corrected chi connectivity index (χ3v) is 4.73. The van der Waals surface area contributed by atoms with E-state index in [1.807, 2.05) is 19.2 Å². The maximum Gasteiger partial charge on any atom is 0.118 e. The van der Waals surface area contributed by atoms with Gasteiger partial charge in [0.1, 0.15) is 5.75 Å². The molecule has 1 N–H and O–H groups in total. The van der Waals surface area contributed by atoms with Crippen molar-refractivity contribution in [2.45, 2.75) is 45.2 Å². The summed E-state index contributed by atoms with van der Waals surface area (Å²) in [4.78, 5) is 0. The molecule has 1 aliphatic rings. The van der Waals surface area contributed by atoms with Crippen molar-refractivity contribution in [1.82, 2.24) is 15.1 Å². The molecule has 0 spiro atoms. The summed E-state index contributed by atoms with van der Waals surface area (Å²) in [6.45, 7) is 1.84. The number of methoxy groups -OCH3 is 1. The molecule has 5 heteroatoms. The predicted molar refractivity (Wildman–Crippen MR) is 101 cm³/mol. The molecule has 0 unspecified atom stereocenters. The van der Waals surface area contributed by atoms with Crippen molar-refractivity contribution in [3.05, 3.63) is 36.0 Å². The minimum absolute atomic E-state index is 0. The van der Waals surface area contributed by atoms with Gasteiger partial charge in [0.15, 0.2) is 0 Å². The number of ether oxygens (including phenoxy) is 1. The summed E-state index contributed by atoms with van der Waals surface area (Å²) in [6, 6.07) is 10.5. The van der Waals surface area contributed by atoms with E-state index in [0.717, 1.165) is 30.5 Å². The summed E-state index contributed by atoms with van der Waals surface area (Å²) in [7, 11) is 3.67. The average Bonchev–Trinajstić information content (AvgIpc) is 2.99. The molecule has 1 aliphatic carbocycles. The van der Waals surface area contributed by atoms with Crippen molar-refractivity contribution in [3.63, 3.8) is 0 Å². The maximum absolute atomic E-state index is 5.27. The van der Waals surface area contributed by atoms with E-state index in [9.17, 15) is 0 Å². The second-order valence-corrected chi connectivity index (χ2v) is 6.47. The molecule has 1 aromatic heterocycles. The lowest BCUT2D eigenvalue weighted by molar-refractivity contribution is 0.309. The van der Waals surface area contributed by atoms with Crippen LogP contribution in [0.25, 0.3) is 11.3 Å². The Bertz CT molecular complexity index is 618. The van der Waals surface area contributed by atoms with Crippen molar-refractivity contribution in [2.24, 2.45) is 5.92 Å². The topological polar surface area (TPSA) is 39.1 Å². The van der Waals surface area contributed by atoms with Crippen LogP contribution >= 0.6 is 12.4 Å². The molecule has 2 aromatic rings. The highest BCUT2D eigenvalue weighted by Crippen LogP contribution is 2.28. The Kier molecular flexibility index (Phi) is 7.13. The van der Waals surface area contributed by atoms with Crippen molar-refractivity contribution >= 4 is 12.4 Å². The van der Waals surface area contributed by atoms with Crippen LogP contribution in [-0.2, 0) is 13.1 Å². The summed E-state index contributed by atoms with van der Waals surface area (Å²) >= 11 is 0. The summed E-state index contributed by atoms with van der Waals surface area (Å²) in [5, 5.41) is 8.04. The summed E-state index contributed by atoms with van der Waals surface area (Å²) in [5.74, 6) is 1.66. The van der Waals surface area contributed by atoms with E-state index < -0.39 is 0 Å². The van der Waals surface area contributed by atoms with Crippen LogP contribution in [0.5, 0.6) is 5.75 Å². The molecular weight excluding hydrogens is 322 g/mol. The van der Waals surface area contributed by atoms with Crippen molar-refractivity contribution < 1.29 is 4.74 Å². The van der Waals surface area contributed by atoms with Crippen LogP contribution in [0.2, 0.25) is 0 Å². The van der Waals surface area contributed by atoms with E-state index in [1.165, 1.54) is 43.4 Å². The second kappa shape index (κ2) is 9.09. The summed E-state index contributed by atoms with van der Waals surface area (Å²) in [6.07, 6.45) is 6.80. The first-order chi connectivity index (χ1) is 11.3. The van der Waals surface area contributed by atoms with Gasteiger partial charge >= 0.3 is 0 Å². The largest absolute Gasteiger partial charge is 0.497 e. The molecule has 3 rings (SSSR count). The first-order valence-electron chi connectivity index (χ1n) is 8.66. The number of nitrogens with one attached hydrogen (secondary N) is 1. The molecule has 0 bridgehead atoms. The second-order valence-electron chi connectivity index (χ2n) is 6.47. The van der Waals surface area contributed by atoms with Gasteiger partial charge < -0.3 is 10.1 Å². The molecule has 0 amide bonds. The Morgan fingerprint density at radius 3 is 2.50 bits per heavy atom. The van der Waals surface area contributed by atoms with Gasteiger partial charge in [-0.1, -0.05) is 19.3 Å². The fourth-order valence-electron chi connectivity index (χ4n) is 3.49. The molecule has 4 nitrogen and oxygen atoms in total. The van der Waals surface area contributed by atoms with E-state index in [2.05, 4.69) is 28.2 Å². The number of aromatic nitrogens is 2. The lowest BCUT2D eigenvalue weighted by Gasteiger charge is -2.22. The highest BCUT2D eigenvalue weighted by atomic mass is 35.5. The van der Waals surface area contributed by atoms with E-state index in [-0.39, 0.29) is 12.4 Å². The van der Waals surface area contributed by atoms with Gasteiger partial charge in [0, 0.05) is 18.7 Å². The molecular formula is C19H28ClN3O. The zero-order valence-corrected chi connectivity index (χ0v) is 15.4. The normalized spacial score (nSPS) is 15.1. The number of rotatable bonds is 6. The molecule has 132 valence electrons.